The Morgan fingerprint density at radius 2 is 1.27 bits per heavy atom. The van der Waals surface area contributed by atoms with Crippen molar-refractivity contribution in [3.8, 4) is 0 Å². The van der Waals surface area contributed by atoms with Crippen LogP contribution in [0.5, 0.6) is 0 Å². The van der Waals surface area contributed by atoms with E-state index in [0.717, 1.165) is 56.4 Å². The SMILES string of the molecule is NC(=O)C(c1ccccc1)(c1ccccc1)[C@@H]1CCN(CCCCCN2C(=O)c3ccccc3C2=O)C1. The van der Waals surface area contributed by atoms with Crippen molar-refractivity contribution in [2.45, 2.75) is 31.1 Å². The minimum atomic E-state index is -0.872. The van der Waals surface area contributed by atoms with E-state index in [9.17, 15) is 14.4 Å². The third-order valence-electron chi connectivity index (χ3n) is 7.97. The Bertz CT molecular complexity index is 1200. The highest BCUT2D eigenvalue weighted by molar-refractivity contribution is 6.21. The van der Waals surface area contributed by atoms with Crippen molar-refractivity contribution in [3.63, 3.8) is 0 Å². The Morgan fingerprint density at radius 3 is 1.81 bits per heavy atom. The van der Waals surface area contributed by atoms with Crippen LogP contribution in [-0.2, 0) is 10.2 Å². The molecule has 1 fully saturated rings. The number of nitrogens with two attached hydrogens (primary N) is 1. The summed E-state index contributed by atoms with van der Waals surface area (Å²) in [6.45, 7) is 3.07. The van der Waals surface area contributed by atoms with E-state index in [2.05, 4.69) is 4.90 Å². The molecule has 1 atom stereocenters. The van der Waals surface area contributed by atoms with Gasteiger partial charge in [0.1, 0.15) is 5.41 Å². The second kappa shape index (κ2) is 10.7. The number of amides is 3. The number of imide groups is 1. The Balaban J connectivity index is 1.19. The van der Waals surface area contributed by atoms with E-state index < -0.39 is 5.41 Å². The molecule has 0 spiro atoms. The van der Waals surface area contributed by atoms with Crippen molar-refractivity contribution in [3.05, 3.63) is 107 Å². The zero-order chi connectivity index (χ0) is 25.8. The fourth-order valence-corrected chi connectivity index (χ4v) is 6.14. The maximum Gasteiger partial charge on any atom is 0.261 e. The first-order chi connectivity index (χ1) is 18.0. The number of likely N-dealkylation sites (tertiary alicyclic amines) is 1. The summed E-state index contributed by atoms with van der Waals surface area (Å²) in [6, 6.07) is 26.9. The Kier molecular flexibility index (Phi) is 7.19. The molecule has 2 heterocycles. The van der Waals surface area contributed by atoms with Gasteiger partial charge in [0.25, 0.3) is 11.8 Å². The first kappa shape index (κ1) is 24.9. The van der Waals surface area contributed by atoms with Crippen LogP contribution in [0.15, 0.2) is 84.9 Å². The molecule has 0 saturated carbocycles. The van der Waals surface area contributed by atoms with E-state index in [-0.39, 0.29) is 23.6 Å². The lowest BCUT2D eigenvalue weighted by molar-refractivity contribution is -0.123. The van der Waals surface area contributed by atoms with Gasteiger partial charge in [0.05, 0.1) is 11.1 Å². The molecule has 0 radical (unpaired) electrons. The minimum absolute atomic E-state index is 0.0770. The molecule has 2 N–H and O–H groups in total. The molecule has 3 aromatic rings. The Labute approximate surface area is 218 Å². The highest BCUT2D eigenvalue weighted by Crippen LogP contribution is 2.43. The first-order valence-corrected chi connectivity index (χ1v) is 13.1. The van der Waals surface area contributed by atoms with Crippen molar-refractivity contribution in [1.82, 2.24) is 9.80 Å². The average Bonchev–Trinajstić information content (AvgIpc) is 3.49. The highest BCUT2D eigenvalue weighted by atomic mass is 16.2. The number of benzene rings is 3. The molecule has 6 heteroatoms. The number of hydrogen-bond donors (Lipinski definition) is 1. The number of carbonyl (C=O) groups excluding carboxylic acids is 3. The minimum Gasteiger partial charge on any atom is -0.369 e. The standard InChI is InChI=1S/C31H33N3O3/c32-30(37)31(23-12-4-1-5-13-23,24-14-6-2-7-15-24)25-18-21-33(22-25)19-10-3-11-20-34-28(35)26-16-8-9-17-27(26)29(34)36/h1-2,4-9,12-17,25H,3,10-11,18-22H2,(H2,32,37)/t25-/m1/s1. The van der Waals surface area contributed by atoms with E-state index in [0.29, 0.717) is 17.7 Å². The van der Waals surface area contributed by atoms with Gasteiger partial charge in [-0.25, -0.2) is 0 Å². The van der Waals surface area contributed by atoms with E-state index in [1.54, 1.807) is 24.3 Å². The van der Waals surface area contributed by atoms with Crippen LogP contribution in [0.2, 0.25) is 0 Å². The summed E-state index contributed by atoms with van der Waals surface area (Å²) < 4.78 is 0. The molecule has 37 heavy (non-hydrogen) atoms. The van der Waals surface area contributed by atoms with Crippen LogP contribution in [-0.4, -0.2) is 53.7 Å². The van der Waals surface area contributed by atoms with E-state index in [1.165, 1.54) is 4.90 Å². The van der Waals surface area contributed by atoms with E-state index in [1.807, 2.05) is 60.7 Å². The number of unbranched alkanes of at least 4 members (excludes halogenated alkanes) is 2. The molecular weight excluding hydrogens is 462 g/mol. The predicted octanol–water partition coefficient (Wildman–Crippen LogP) is 4.25. The maximum atomic E-state index is 13.2. The number of nitrogens with zero attached hydrogens (tertiary/aromatic N) is 2. The van der Waals surface area contributed by atoms with Crippen LogP contribution in [0.1, 0.15) is 57.5 Å². The van der Waals surface area contributed by atoms with Crippen LogP contribution in [0.25, 0.3) is 0 Å². The topological polar surface area (TPSA) is 83.7 Å². The van der Waals surface area contributed by atoms with Crippen LogP contribution >= 0.6 is 0 Å². The molecule has 2 aliphatic heterocycles. The quantitative estimate of drug-likeness (QED) is 0.337. The summed E-state index contributed by atoms with van der Waals surface area (Å²) in [5.41, 5.74) is 8.23. The number of carbonyl (C=O) groups is 3. The van der Waals surface area contributed by atoms with Gasteiger partial charge in [0, 0.05) is 13.1 Å². The molecule has 3 aromatic carbocycles. The number of hydrogen-bond acceptors (Lipinski definition) is 4. The lowest BCUT2D eigenvalue weighted by Crippen LogP contribution is -2.49. The fraction of sp³-hybridized carbons (Fsp3) is 0.323. The first-order valence-electron chi connectivity index (χ1n) is 13.1. The molecule has 1 saturated heterocycles. The van der Waals surface area contributed by atoms with E-state index >= 15 is 0 Å². The second-order valence-corrected chi connectivity index (χ2v) is 10.1. The summed E-state index contributed by atoms with van der Waals surface area (Å²) >= 11 is 0. The maximum absolute atomic E-state index is 13.2. The molecular formula is C31H33N3O3. The van der Waals surface area contributed by atoms with Crippen molar-refractivity contribution >= 4 is 17.7 Å². The third kappa shape index (κ3) is 4.58. The number of primary amides is 1. The van der Waals surface area contributed by atoms with Crippen LogP contribution < -0.4 is 5.73 Å². The molecule has 0 bridgehead atoms. The van der Waals surface area contributed by atoms with Gasteiger partial charge in [-0.1, -0.05) is 79.2 Å². The van der Waals surface area contributed by atoms with Gasteiger partial charge in [-0.3, -0.25) is 19.3 Å². The molecule has 3 amide bonds. The van der Waals surface area contributed by atoms with Gasteiger partial charge in [-0.15, -0.1) is 0 Å². The zero-order valence-electron chi connectivity index (χ0n) is 21.0. The Hall–Kier alpha value is -3.77. The van der Waals surface area contributed by atoms with E-state index in [4.69, 9.17) is 5.73 Å². The van der Waals surface area contributed by atoms with Crippen molar-refractivity contribution in [2.75, 3.05) is 26.2 Å². The van der Waals surface area contributed by atoms with Crippen LogP contribution in [0.3, 0.4) is 0 Å². The largest absolute Gasteiger partial charge is 0.369 e. The van der Waals surface area contributed by atoms with Gasteiger partial charge in [0.2, 0.25) is 5.91 Å². The zero-order valence-corrected chi connectivity index (χ0v) is 21.0. The van der Waals surface area contributed by atoms with Gasteiger partial charge in [-0.05, 0) is 61.5 Å². The molecule has 5 rings (SSSR count). The summed E-state index contributed by atoms with van der Waals surface area (Å²) in [7, 11) is 0. The van der Waals surface area contributed by atoms with Gasteiger partial charge < -0.3 is 10.6 Å². The summed E-state index contributed by atoms with van der Waals surface area (Å²) in [4.78, 5) is 42.1. The highest BCUT2D eigenvalue weighted by Gasteiger charge is 2.49. The van der Waals surface area contributed by atoms with Gasteiger partial charge in [-0.2, -0.15) is 0 Å². The normalized spacial score (nSPS) is 17.8. The number of fused-ring (bicyclic) bond motifs is 1. The summed E-state index contributed by atoms with van der Waals surface area (Å²) in [5, 5.41) is 0. The summed E-state index contributed by atoms with van der Waals surface area (Å²) in [5.74, 6) is -0.606. The fourth-order valence-electron chi connectivity index (χ4n) is 6.14. The van der Waals surface area contributed by atoms with Crippen molar-refractivity contribution in [2.24, 2.45) is 11.7 Å². The smallest absolute Gasteiger partial charge is 0.261 e. The third-order valence-corrected chi connectivity index (χ3v) is 7.97. The number of rotatable bonds is 10. The lowest BCUT2D eigenvalue weighted by atomic mass is 9.64. The van der Waals surface area contributed by atoms with Gasteiger partial charge >= 0.3 is 0 Å². The van der Waals surface area contributed by atoms with Crippen LogP contribution in [0, 0.1) is 5.92 Å². The molecule has 0 aliphatic carbocycles. The molecule has 2 aliphatic rings. The predicted molar refractivity (Wildman–Crippen MR) is 143 cm³/mol. The average molecular weight is 496 g/mol. The van der Waals surface area contributed by atoms with Crippen molar-refractivity contribution in [1.29, 1.82) is 0 Å². The molecule has 190 valence electrons. The second-order valence-electron chi connectivity index (χ2n) is 10.1. The lowest BCUT2D eigenvalue weighted by Gasteiger charge is -2.37. The molecule has 0 unspecified atom stereocenters. The molecule has 6 nitrogen and oxygen atoms in total. The molecule has 0 aromatic heterocycles. The Morgan fingerprint density at radius 1 is 0.757 bits per heavy atom. The van der Waals surface area contributed by atoms with Crippen molar-refractivity contribution < 1.29 is 14.4 Å². The summed E-state index contributed by atoms with van der Waals surface area (Å²) in [6.07, 6.45) is 3.56. The van der Waals surface area contributed by atoms with Crippen LogP contribution in [0.4, 0.5) is 0 Å². The monoisotopic (exact) mass is 495 g/mol. The van der Waals surface area contributed by atoms with Gasteiger partial charge in [0.15, 0.2) is 0 Å².